The second-order valence-electron chi connectivity index (χ2n) is 7.82. The molecule has 1 aliphatic rings. The minimum atomic E-state index is -2.29. The van der Waals surface area contributed by atoms with Crippen molar-refractivity contribution in [1.82, 2.24) is 9.55 Å². The van der Waals surface area contributed by atoms with Crippen LogP contribution in [-0.2, 0) is 23.8 Å². The minimum absolute atomic E-state index is 0.445. The molecule has 2 heterocycles. The summed E-state index contributed by atoms with van der Waals surface area (Å²) in [6.45, 7) is 7.95. The highest BCUT2D eigenvalue weighted by atomic mass is 35.5. The van der Waals surface area contributed by atoms with Crippen LogP contribution in [0.2, 0.25) is 0 Å². The van der Waals surface area contributed by atoms with Gasteiger partial charge in [-0.15, -0.1) is 0 Å². The van der Waals surface area contributed by atoms with Crippen LogP contribution < -0.4 is 11.2 Å². The third-order valence-electron chi connectivity index (χ3n) is 4.70. The molecule has 1 fully saturated rings. The van der Waals surface area contributed by atoms with E-state index in [4.69, 9.17) is 25.8 Å². The molecule has 2 N–H and O–H groups in total. The first-order chi connectivity index (χ1) is 14.4. The van der Waals surface area contributed by atoms with Crippen LogP contribution in [0.25, 0.3) is 0 Å². The van der Waals surface area contributed by atoms with Gasteiger partial charge in [0.2, 0.25) is 5.60 Å². The number of aromatic amines is 1. The van der Waals surface area contributed by atoms with Gasteiger partial charge in [-0.25, -0.2) is 4.79 Å². The molecule has 0 spiro atoms. The fourth-order valence-corrected chi connectivity index (χ4v) is 3.13. The van der Waals surface area contributed by atoms with E-state index in [1.807, 2.05) is 10.4 Å². The number of hydrogen-bond donors (Lipinski definition) is 2. The number of nitrogens with zero attached hydrogens (tertiary/aromatic N) is 1. The van der Waals surface area contributed by atoms with Gasteiger partial charge in [0, 0.05) is 17.6 Å². The molecule has 1 aromatic rings. The van der Waals surface area contributed by atoms with E-state index in [0.29, 0.717) is 0 Å². The Morgan fingerprint density at radius 1 is 1.23 bits per heavy atom. The number of carbonyl (C=O) groups is 2. The first-order valence-electron chi connectivity index (χ1n) is 9.65. The van der Waals surface area contributed by atoms with Crippen molar-refractivity contribution in [2.75, 3.05) is 0 Å². The highest BCUT2D eigenvalue weighted by Gasteiger charge is 2.61. The molecule has 0 bridgehead atoms. The van der Waals surface area contributed by atoms with E-state index in [9.17, 15) is 24.3 Å². The Labute approximate surface area is 183 Å². The van der Waals surface area contributed by atoms with Gasteiger partial charge in [0.25, 0.3) is 5.56 Å². The summed E-state index contributed by atoms with van der Waals surface area (Å²) in [5.74, 6) is 0.124. The molecule has 1 aromatic heterocycles. The van der Waals surface area contributed by atoms with E-state index in [0.717, 1.165) is 16.8 Å². The fourth-order valence-electron chi connectivity index (χ4n) is 2.97. The van der Waals surface area contributed by atoms with Gasteiger partial charge in [-0.05, 0) is 24.4 Å². The lowest BCUT2D eigenvalue weighted by Crippen LogP contribution is -2.52. The number of hydrogen-bond acceptors (Lipinski definition) is 8. The van der Waals surface area contributed by atoms with Gasteiger partial charge in [-0.2, -0.15) is 0 Å². The summed E-state index contributed by atoms with van der Waals surface area (Å²) in [7, 11) is 0. The summed E-state index contributed by atoms with van der Waals surface area (Å²) in [5.41, 5.74) is -3.85. The predicted octanol–water partition coefficient (Wildman–Crippen LogP) is 0.520. The van der Waals surface area contributed by atoms with Crippen molar-refractivity contribution in [2.45, 2.75) is 64.8 Å². The molecule has 170 valence electrons. The molecule has 11 heteroatoms. The van der Waals surface area contributed by atoms with Crippen LogP contribution in [0.3, 0.4) is 0 Å². The number of ether oxygens (including phenoxy) is 3. The number of esters is 2. The first kappa shape index (κ1) is 24.7. The molecular weight excluding hydrogens is 432 g/mol. The van der Waals surface area contributed by atoms with Crippen LogP contribution in [0.1, 0.15) is 40.8 Å². The number of rotatable bonds is 6. The maximum Gasteiger partial charge on any atom is 0.330 e. The smallest absolute Gasteiger partial charge is 0.330 e. The Morgan fingerprint density at radius 2 is 1.84 bits per heavy atom. The first-order valence-corrected chi connectivity index (χ1v) is 10.0. The van der Waals surface area contributed by atoms with E-state index in [2.05, 4.69) is 5.92 Å². The van der Waals surface area contributed by atoms with Crippen molar-refractivity contribution in [3.8, 4) is 11.3 Å². The second-order valence-corrected chi connectivity index (χ2v) is 8.01. The highest BCUT2D eigenvalue weighted by molar-refractivity contribution is 6.30. The lowest BCUT2D eigenvalue weighted by Gasteiger charge is -2.30. The molecule has 0 amide bonds. The van der Waals surface area contributed by atoms with Crippen molar-refractivity contribution in [3.05, 3.63) is 33.1 Å². The maximum absolute atomic E-state index is 12.4. The Morgan fingerprint density at radius 3 is 2.35 bits per heavy atom. The molecule has 10 nitrogen and oxygen atoms in total. The predicted molar refractivity (Wildman–Crippen MR) is 109 cm³/mol. The van der Waals surface area contributed by atoms with Crippen LogP contribution >= 0.6 is 11.6 Å². The van der Waals surface area contributed by atoms with Gasteiger partial charge in [-0.3, -0.25) is 23.9 Å². The monoisotopic (exact) mass is 456 g/mol. The number of nitrogens with one attached hydrogen (secondary N) is 1. The van der Waals surface area contributed by atoms with E-state index in [1.165, 1.54) is 6.92 Å². The Bertz CT molecular complexity index is 1000. The van der Waals surface area contributed by atoms with E-state index in [-0.39, 0.29) is 0 Å². The van der Waals surface area contributed by atoms with E-state index in [1.54, 1.807) is 27.7 Å². The number of aromatic nitrogens is 2. The van der Waals surface area contributed by atoms with Gasteiger partial charge >= 0.3 is 17.6 Å². The molecule has 2 rings (SSSR count). The highest BCUT2D eigenvalue weighted by Crippen LogP contribution is 2.41. The molecule has 1 saturated heterocycles. The number of halogens is 1. The summed E-state index contributed by atoms with van der Waals surface area (Å²) >= 11 is 5.56. The Hall–Kier alpha value is -2.61. The fraction of sp³-hybridized carbons (Fsp3) is 0.600. The molecule has 0 radical (unpaired) electrons. The van der Waals surface area contributed by atoms with Crippen molar-refractivity contribution in [1.29, 1.82) is 0 Å². The summed E-state index contributed by atoms with van der Waals surface area (Å²) in [6.07, 6.45) is -4.09. The summed E-state index contributed by atoms with van der Waals surface area (Å²) in [6, 6.07) is 1.05. The van der Waals surface area contributed by atoms with Crippen molar-refractivity contribution >= 4 is 23.5 Å². The molecule has 1 aliphatic heterocycles. The SMILES string of the molecule is CC(C)C(=O)OC(C)[C@H]1O[C@@H](n2ccc(=O)[nH]c2=O)[C@@](O)(C#CCl)[C@@H]1OC(=O)C(C)C. The van der Waals surface area contributed by atoms with Gasteiger partial charge in [0.05, 0.1) is 11.8 Å². The quantitative estimate of drug-likeness (QED) is 0.467. The summed E-state index contributed by atoms with van der Waals surface area (Å²) in [5, 5.41) is 13.4. The summed E-state index contributed by atoms with van der Waals surface area (Å²) < 4.78 is 17.6. The zero-order chi connectivity index (χ0) is 23.5. The van der Waals surface area contributed by atoms with Crippen molar-refractivity contribution in [2.24, 2.45) is 11.8 Å². The van der Waals surface area contributed by atoms with Crippen LogP contribution in [0.15, 0.2) is 21.9 Å². The molecule has 0 aromatic carbocycles. The zero-order valence-electron chi connectivity index (χ0n) is 17.7. The largest absolute Gasteiger partial charge is 0.460 e. The van der Waals surface area contributed by atoms with Crippen molar-refractivity contribution < 1.29 is 28.9 Å². The average molecular weight is 457 g/mol. The number of aliphatic hydroxyl groups is 1. The van der Waals surface area contributed by atoms with Gasteiger partial charge in [0.15, 0.2) is 12.3 Å². The number of carbonyl (C=O) groups excluding carboxylic acids is 2. The van der Waals surface area contributed by atoms with E-state index >= 15 is 0 Å². The van der Waals surface area contributed by atoms with Gasteiger partial charge in [-0.1, -0.05) is 27.7 Å². The molecule has 0 aliphatic carbocycles. The van der Waals surface area contributed by atoms with E-state index < -0.39 is 65.2 Å². The summed E-state index contributed by atoms with van der Waals surface area (Å²) in [4.78, 5) is 50.3. The third-order valence-corrected chi connectivity index (χ3v) is 4.79. The average Bonchev–Trinajstić information content (AvgIpc) is 2.94. The van der Waals surface area contributed by atoms with Crippen LogP contribution in [0.5, 0.6) is 0 Å². The lowest BCUT2D eigenvalue weighted by atomic mass is 9.92. The second kappa shape index (κ2) is 9.68. The number of H-pyrrole nitrogens is 1. The Kier molecular flexibility index (Phi) is 7.70. The standard InChI is InChI=1S/C20H25ClN2O8/c1-10(2)16(25)29-12(5)14-15(31-17(26)11(3)4)20(28,7-8-21)18(30-14)23-9-6-13(24)22-19(23)27/h6,9-12,14-15,18,28H,1-5H3,(H,22,24,27)/t12?,14-,15-,18-,20-/m1/s1. The normalized spacial score (nSPS) is 26.3. The van der Waals surface area contributed by atoms with Gasteiger partial charge < -0.3 is 19.3 Å². The van der Waals surface area contributed by atoms with Gasteiger partial charge in [0.1, 0.15) is 12.2 Å². The molecule has 31 heavy (non-hydrogen) atoms. The third kappa shape index (κ3) is 5.18. The molecular formula is C20H25ClN2O8. The maximum atomic E-state index is 12.4. The minimum Gasteiger partial charge on any atom is -0.460 e. The van der Waals surface area contributed by atoms with Crippen molar-refractivity contribution in [3.63, 3.8) is 0 Å². The van der Waals surface area contributed by atoms with Crippen LogP contribution in [0.4, 0.5) is 0 Å². The lowest BCUT2D eigenvalue weighted by molar-refractivity contribution is -0.172. The van der Waals surface area contributed by atoms with Crippen LogP contribution in [-0.4, -0.2) is 50.5 Å². The topological polar surface area (TPSA) is 137 Å². The molecule has 5 atom stereocenters. The molecule has 0 saturated carbocycles. The zero-order valence-corrected chi connectivity index (χ0v) is 18.5. The van der Waals surface area contributed by atoms with Crippen LogP contribution in [0, 0.1) is 23.1 Å². The Balaban J connectivity index is 2.58. The molecule has 1 unspecified atom stereocenters.